The van der Waals surface area contributed by atoms with Crippen LogP contribution in [-0.4, -0.2) is 11.1 Å². The lowest BCUT2D eigenvalue weighted by Crippen LogP contribution is -1.95. The molecule has 5 heteroatoms. The topological polar surface area (TPSA) is 29.4 Å². The Balaban J connectivity index is 3.16. The number of isothiocyanates is 1. The summed E-state index contributed by atoms with van der Waals surface area (Å²) in [5, 5.41) is 1.95. The minimum Gasteiger partial charge on any atom is -0.266 e. The molecule has 0 atom stereocenters. The summed E-state index contributed by atoms with van der Waals surface area (Å²) in [6, 6.07) is 3.70. The van der Waals surface area contributed by atoms with Gasteiger partial charge in [0.25, 0.3) is 5.91 Å². The van der Waals surface area contributed by atoms with Crippen molar-refractivity contribution in [2.75, 3.05) is 0 Å². The molecule has 66 valence electrons. The largest absolute Gasteiger partial charge is 0.287 e. The van der Waals surface area contributed by atoms with Gasteiger partial charge in [0.2, 0.25) is 0 Å². The van der Waals surface area contributed by atoms with Crippen LogP contribution in [0.3, 0.4) is 0 Å². The Bertz CT molecular complexity index is 401. The second-order valence-electron chi connectivity index (χ2n) is 2.13. The molecule has 2 nitrogen and oxygen atoms in total. The molecule has 0 spiro atoms. The van der Waals surface area contributed by atoms with Crippen LogP contribution in [0.25, 0.3) is 0 Å². The predicted octanol–water partition coefficient (Wildman–Crippen LogP) is 2.83. The van der Waals surface area contributed by atoms with Crippen LogP contribution in [-0.2, 0) is 0 Å². The second-order valence-corrected chi connectivity index (χ2v) is 3.17. The molecule has 0 aliphatic rings. The van der Waals surface area contributed by atoms with E-state index in [0.29, 0.717) is 4.47 Å². The van der Waals surface area contributed by atoms with Crippen molar-refractivity contribution in [1.29, 1.82) is 0 Å². The molecule has 0 fully saturated rings. The summed E-state index contributed by atoms with van der Waals surface area (Å²) < 4.78 is 12.9. The molecule has 1 amide bonds. The van der Waals surface area contributed by atoms with E-state index in [1.54, 1.807) is 0 Å². The summed E-state index contributed by atoms with van der Waals surface area (Å²) in [6.07, 6.45) is 0. The molecule has 0 bridgehead atoms. The molecule has 1 aromatic carbocycles. The lowest BCUT2D eigenvalue weighted by Gasteiger charge is -1.97. The summed E-state index contributed by atoms with van der Waals surface area (Å²) in [7, 11) is 0. The van der Waals surface area contributed by atoms with E-state index in [1.807, 2.05) is 5.16 Å². The molecule has 1 rings (SSSR count). The third-order valence-electron chi connectivity index (χ3n) is 1.31. The number of carbonyl (C=O) groups is 1. The normalized spacial score (nSPS) is 9.08. The fraction of sp³-hybridized carbons (Fsp3) is 0. The first-order valence-corrected chi connectivity index (χ1v) is 4.42. The molecule has 0 aliphatic heterocycles. The first kappa shape index (κ1) is 10.2. The molecule has 0 saturated carbocycles. The molecule has 0 unspecified atom stereocenters. The van der Waals surface area contributed by atoms with Crippen molar-refractivity contribution in [1.82, 2.24) is 0 Å². The Hall–Kier alpha value is -0.900. The Kier molecular flexibility index (Phi) is 3.42. The van der Waals surface area contributed by atoms with Gasteiger partial charge in [-0.2, -0.15) is 4.99 Å². The van der Waals surface area contributed by atoms with Crippen molar-refractivity contribution in [2.45, 2.75) is 0 Å². The fourth-order valence-corrected chi connectivity index (χ4v) is 1.37. The SMILES string of the molecule is O=C(N=C=S)c1ccc(F)cc1Br. The lowest BCUT2D eigenvalue weighted by molar-refractivity contribution is 0.100. The van der Waals surface area contributed by atoms with Gasteiger partial charge in [-0.3, -0.25) is 4.79 Å². The summed E-state index contributed by atoms with van der Waals surface area (Å²) >= 11 is 7.31. The van der Waals surface area contributed by atoms with Gasteiger partial charge in [0.05, 0.1) is 10.7 Å². The molecule has 0 aromatic heterocycles. The van der Waals surface area contributed by atoms with Gasteiger partial charge >= 0.3 is 0 Å². The van der Waals surface area contributed by atoms with Crippen LogP contribution in [0.1, 0.15) is 10.4 Å². The van der Waals surface area contributed by atoms with E-state index in [9.17, 15) is 9.18 Å². The second kappa shape index (κ2) is 4.37. The molecule has 0 aliphatic carbocycles. The Morgan fingerprint density at radius 3 is 2.85 bits per heavy atom. The maximum Gasteiger partial charge on any atom is 0.287 e. The number of halogens is 2. The number of nitrogens with zero attached hydrogens (tertiary/aromatic N) is 1. The van der Waals surface area contributed by atoms with Gasteiger partial charge in [-0.15, -0.1) is 0 Å². The van der Waals surface area contributed by atoms with Crippen LogP contribution in [0.5, 0.6) is 0 Å². The van der Waals surface area contributed by atoms with Crippen LogP contribution >= 0.6 is 28.1 Å². The average Bonchev–Trinajstić information content (AvgIpc) is 2.04. The third kappa shape index (κ3) is 2.52. The standard InChI is InChI=1S/C8H3BrFNOS/c9-7-3-5(10)1-2-6(7)8(12)11-4-13/h1-3H. The van der Waals surface area contributed by atoms with E-state index >= 15 is 0 Å². The number of benzene rings is 1. The molecule has 0 heterocycles. The minimum atomic E-state index is -0.540. The number of amides is 1. The lowest BCUT2D eigenvalue weighted by atomic mass is 10.2. The van der Waals surface area contributed by atoms with Gasteiger partial charge in [0.1, 0.15) is 5.82 Å². The summed E-state index contributed by atoms with van der Waals surface area (Å²) in [5.74, 6) is -0.961. The number of rotatable bonds is 1. The Labute approximate surface area is 87.6 Å². The fourth-order valence-electron chi connectivity index (χ4n) is 0.765. The van der Waals surface area contributed by atoms with Gasteiger partial charge in [-0.1, -0.05) is 0 Å². The monoisotopic (exact) mass is 259 g/mol. The molecule has 0 N–H and O–H groups in total. The highest BCUT2D eigenvalue weighted by atomic mass is 79.9. The first-order valence-electron chi connectivity index (χ1n) is 3.22. The number of aliphatic imine (C=N–C) groups is 1. The molecule has 1 aromatic rings. The molecular weight excluding hydrogens is 257 g/mol. The van der Waals surface area contributed by atoms with Crippen molar-refractivity contribution in [3.63, 3.8) is 0 Å². The van der Waals surface area contributed by atoms with Crippen molar-refractivity contribution >= 4 is 39.2 Å². The van der Waals surface area contributed by atoms with Gasteiger partial charge < -0.3 is 0 Å². The third-order valence-corrected chi connectivity index (χ3v) is 2.06. The highest BCUT2D eigenvalue weighted by Crippen LogP contribution is 2.18. The predicted molar refractivity (Wildman–Crippen MR) is 53.5 cm³/mol. The zero-order chi connectivity index (χ0) is 9.84. The highest BCUT2D eigenvalue weighted by Gasteiger charge is 2.08. The van der Waals surface area contributed by atoms with Crippen molar-refractivity contribution in [3.8, 4) is 0 Å². The van der Waals surface area contributed by atoms with Crippen molar-refractivity contribution in [2.24, 2.45) is 4.99 Å². The van der Waals surface area contributed by atoms with E-state index in [-0.39, 0.29) is 5.56 Å². The van der Waals surface area contributed by atoms with Crippen LogP contribution in [0.15, 0.2) is 27.7 Å². The zero-order valence-corrected chi connectivity index (χ0v) is 8.65. The summed E-state index contributed by atoms with van der Waals surface area (Å²) in [6.45, 7) is 0. The van der Waals surface area contributed by atoms with Gasteiger partial charge in [0, 0.05) is 4.47 Å². The van der Waals surface area contributed by atoms with E-state index in [4.69, 9.17) is 0 Å². The van der Waals surface area contributed by atoms with E-state index in [0.717, 1.165) is 0 Å². The van der Waals surface area contributed by atoms with Crippen molar-refractivity contribution < 1.29 is 9.18 Å². The maximum absolute atomic E-state index is 12.6. The number of hydrogen-bond donors (Lipinski definition) is 0. The molecular formula is C8H3BrFNOS. The van der Waals surface area contributed by atoms with Gasteiger partial charge in [-0.25, -0.2) is 4.39 Å². The summed E-state index contributed by atoms with van der Waals surface area (Å²) in [5.41, 5.74) is 0.263. The van der Waals surface area contributed by atoms with E-state index in [1.165, 1.54) is 18.2 Å². The van der Waals surface area contributed by atoms with Crippen LogP contribution < -0.4 is 0 Å². The summed E-state index contributed by atoms with van der Waals surface area (Å²) in [4.78, 5) is 14.4. The smallest absolute Gasteiger partial charge is 0.266 e. The van der Waals surface area contributed by atoms with Gasteiger partial charge in [-0.05, 0) is 46.3 Å². The average molecular weight is 260 g/mol. The minimum absolute atomic E-state index is 0.263. The molecule has 0 radical (unpaired) electrons. The van der Waals surface area contributed by atoms with E-state index < -0.39 is 11.7 Å². The number of carbonyl (C=O) groups excluding carboxylic acids is 1. The number of thiocarbonyl (C=S) groups is 1. The van der Waals surface area contributed by atoms with Crippen molar-refractivity contribution in [3.05, 3.63) is 34.1 Å². The highest BCUT2D eigenvalue weighted by molar-refractivity contribution is 9.10. The zero-order valence-electron chi connectivity index (χ0n) is 6.25. The maximum atomic E-state index is 12.6. The van der Waals surface area contributed by atoms with Crippen LogP contribution in [0.2, 0.25) is 0 Å². The first-order chi connectivity index (χ1) is 6.15. The van der Waals surface area contributed by atoms with E-state index in [2.05, 4.69) is 33.1 Å². The van der Waals surface area contributed by atoms with Gasteiger partial charge in [0.15, 0.2) is 0 Å². The molecule has 0 saturated heterocycles. The Morgan fingerprint density at radius 1 is 1.62 bits per heavy atom. The number of hydrogen-bond acceptors (Lipinski definition) is 2. The van der Waals surface area contributed by atoms with Crippen LogP contribution in [0, 0.1) is 5.82 Å². The quantitative estimate of drug-likeness (QED) is 0.574. The Morgan fingerprint density at radius 2 is 2.31 bits per heavy atom. The molecule has 13 heavy (non-hydrogen) atoms. The van der Waals surface area contributed by atoms with Crippen LogP contribution in [0.4, 0.5) is 4.39 Å².